The van der Waals surface area contributed by atoms with Crippen LogP contribution in [0.5, 0.6) is 0 Å². The first-order valence-electron chi connectivity index (χ1n) is 5.61. The number of nitrogens with two attached hydrogens (primary N) is 2. The van der Waals surface area contributed by atoms with Gasteiger partial charge in [0.05, 0.1) is 28.8 Å². The van der Waals surface area contributed by atoms with Crippen LogP contribution < -0.4 is 11.5 Å². The Kier molecular flexibility index (Phi) is 2.19. The van der Waals surface area contributed by atoms with Gasteiger partial charge in [-0.25, -0.2) is 0 Å². The number of aryl methyl sites for hydroxylation is 1. The fourth-order valence-corrected chi connectivity index (χ4v) is 2.13. The van der Waals surface area contributed by atoms with E-state index in [1.165, 1.54) is 0 Å². The molecule has 0 unspecified atom stereocenters. The fraction of sp³-hybridized carbons (Fsp3) is 0.0769. The largest absolute Gasteiger partial charge is 0.397 e. The van der Waals surface area contributed by atoms with Gasteiger partial charge >= 0.3 is 0 Å². The third kappa shape index (κ3) is 1.41. The monoisotopic (exact) mass is 239 g/mol. The highest BCUT2D eigenvalue weighted by Gasteiger charge is 2.13. The quantitative estimate of drug-likeness (QED) is 0.606. The van der Waals surface area contributed by atoms with Crippen molar-refractivity contribution in [1.29, 1.82) is 0 Å². The van der Waals surface area contributed by atoms with Crippen LogP contribution in [0.25, 0.3) is 22.2 Å². The Morgan fingerprint density at radius 2 is 2.00 bits per heavy atom. The number of anilines is 2. The Morgan fingerprint density at radius 1 is 1.17 bits per heavy atom. The third-order valence-corrected chi connectivity index (χ3v) is 3.09. The maximum Gasteiger partial charge on any atom is 0.0962 e. The molecule has 0 aliphatic rings. The molecule has 0 bridgehead atoms. The second kappa shape index (κ2) is 3.73. The highest BCUT2D eigenvalue weighted by atomic mass is 15.1. The molecular weight excluding hydrogens is 226 g/mol. The van der Waals surface area contributed by atoms with E-state index in [0.29, 0.717) is 17.1 Å². The molecule has 90 valence electrons. The van der Waals surface area contributed by atoms with Crippen molar-refractivity contribution in [2.24, 2.45) is 0 Å². The summed E-state index contributed by atoms with van der Waals surface area (Å²) in [6.07, 6.45) is 3.45. The maximum atomic E-state index is 6.03. The van der Waals surface area contributed by atoms with Crippen LogP contribution in [0.4, 0.5) is 11.4 Å². The van der Waals surface area contributed by atoms with Gasteiger partial charge in [-0.2, -0.15) is 5.10 Å². The van der Waals surface area contributed by atoms with Gasteiger partial charge < -0.3 is 11.5 Å². The van der Waals surface area contributed by atoms with E-state index in [1.807, 2.05) is 19.1 Å². The van der Waals surface area contributed by atoms with E-state index < -0.39 is 0 Å². The van der Waals surface area contributed by atoms with Gasteiger partial charge in [0.1, 0.15) is 0 Å². The first-order chi connectivity index (χ1) is 8.68. The molecule has 3 rings (SSSR count). The molecule has 3 aromatic rings. The lowest BCUT2D eigenvalue weighted by Crippen LogP contribution is -2.00. The predicted octanol–water partition coefficient (Wildman–Crippen LogP) is 2.10. The van der Waals surface area contributed by atoms with Crippen molar-refractivity contribution in [3.8, 4) is 11.3 Å². The Morgan fingerprint density at radius 3 is 2.83 bits per heavy atom. The smallest absolute Gasteiger partial charge is 0.0962 e. The summed E-state index contributed by atoms with van der Waals surface area (Å²) < 4.78 is 0. The summed E-state index contributed by atoms with van der Waals surface area (Å²) in [4.78, 5) is 4.35. The van der Waals surface area contributed by atoms with Gasteiger partial charge in [-0.3, -0.25) is 10.1 Å². The van der Waals surface area contributed by atoms with Crippen LogP contribution in [0.3, 0.4) is 0 Å². The number of nitrogens with zero attached hydrogens (tertiary/aromatic N) is 2. The average molecular weight is 239 g/mol. The Bertz CT molecular complexity index is 729. The number of aromatic nitrogens is 3. The van der Waals surface area contributed by atoms with Gasteiger partial charge in [0.15, 0.2) is 0 Å². The summed E-state index contributed by atoms with van der Waals surface area (Å²) in [5, 5.41) is 8.00. The number of hydrogen-bond donors (Lipinski definition) is 3. The number of H-pyrrole nitrogens is 1. The molecule has 0 atom stereocenters. The zero-order valence-corrected chi connectivity index (χ0v) is 9.94. The summed E-state index contributed by atoms with van der Waals surface area (Å²) in [7, 11) is 0. The van der Waals surface area contributed by atoms with Crippen LogP contribution in [-0.4, -0.2) is 15.2 Å². The van der Waals surface area contributed by atoms with Crippen molar-refractivity contribution in [3.63, 3.8) is 0 Å². The molecule has 0 fully saturated rings. The van der Waals surface area contributed by atoms with Gasteiger partial charge in [-0.05, 0) is 24.6 Å². The molecule has 0 saturated heterocycles. The number of rotatable bonds is 1. The molecule has 5 heteroatoms. The van der Waals surface area contributed by atoms with E-state index in [2.05, 4.69) is 15.2 Å². The van der Waals surface area contributed by atoms with Crippen molar-refractivity contribution in [3.05, 3.63) is 36.2 Å². The summed E-state index contributed by atoms with van der Waals surface area (Å²) in [5.41, 5.74) is 16.6. The lowest BCUT2D eigenvalue weighted by molar-refractivity contribution is 1.12. The van der Waals surface area contributed by atoms with Crippen LogP contribution in [0.1, 0.15) is 5.56 Å². The first kappa shape index (κ1) is 10.6. The molecule has 1 aromatic carbocycles. The molecule has 0 aliphatic heterocycles. The van der Waals surface area contributed by atoms with Gasteiger partial charge in [-0.1, -0.05) is 6.07 Å². The summed E-state index contributed by atoms with van der Waals surface area (Å²) in [6.45, 7) is 2.02. The SMILES string of the molecule is Cc1ccc2[nH]ncc2c1-c1nccc(N)c1N. The van der Waals surface area contributed by atoms with E-state index in [1.54, 1.807) is 18.5 Å². The lowest BCUT2D eigenvalue weighted by Gasteiger charge is -2.10. The highest BCUT2D eigenvalue weighted by Crippen LogP contribution is 2.34. The van der Waals surface area contributed by atoms with Crippen LogP contribution in [0.2, 0.25) is 0 Å². The number of pyridine rings is 1. The van der Waals surface area contributed by atoms with Crippen molar-refractivity contribution >= 4 is 22.3 Å². The molecule has 0 aliphatic carbocycles. The molecule has 0 saturated carbocycles. The molecule has 2 heterocycles. The van der Waals surface area contributed by atoms with E-state index in [4.69, 9.17) is 11.5 Å². The molecule has 0 amide bonds. The number of nitrogens with one attached hydrogen (secondary N) is 1. The normalized spacial score (nSPS) is 10.9. The molecule has 0 spiro atoms. The minimum atomic E-state index is 0.509. The number of benzene rings is 1. The number of aromatic amines is 1. The lowest BCUT2D eigenvalue weighted by atomic mass is 9.99. The zero-order chi connectivity index (χ0) is 12.7. The highest BCUT2D eigenvalue weighted by molar-refractivity contribution is 5.99. The number of nitrogen functional groups attached to an aromatic ring is 2. The molecule has 2 aromatic heterocycles. The standard InChI is InChI=1S/C13H13N5/c1-7-2-3-10-8(6-17-18-10)11(7)13-12(15)9(14)4-5-16-13/h2-6H,15H2,1H3,(H2,14,16)(H,17,18). The van der Waals surface area contributed by atoms with Gasteiger partial charge in [0.2, 0.25) is 0 Å². The molecule has 5 N–H and O–H groups in total. The van der Waals surface area contributed by atoms with Gasteiger partial charge in [0, 0.05) is 17.1 Å². The number of fused-ring (bicyclic) bond motifs is 1. The Labute approximate surface area is 104 Å². The number of hydrogen-bond acceptors (Lipinski definition) is 4. The van der Waals surface area contributed by atoms with Crippen LogP contribution >= 0.6 is 0 Å². The zero-order valence-electron chi connectivity index (χ0n) is 9.94. The molecule has 18 heavy (non-hydrogen) atoms. The molecule has 5 nitrogen and oxygen atoms in total. The van der Waals surface area contributed by atoms with Crippen molar-refractivity contribution in [2.75, 3.05) is 11.5 Å². The van der Waals surface area contributed by atoms with Gasteiger partial charge in [0.25, 0.3) is 0 Å². The van der Waals surface area contributed by atoms with Crippen molar-refractivity contribution in [1.82, 2.24) is 15.2 Å². The maximum absolute atomic E-state index is 6.03. The second-order valence-electron chi connectivity index (χ2n) is 4.25. The Hall–Kier alpha value is -2.56. The van der Waals surface area contributed by atoms with Crippen LogP contribution in [0.15, 0.2) is 30.6 Å². The average Bonchev–Trinajstić information content (AvgIpc) is 2.82. The van der Waals surface area contributed by atoms with Gasteiger partial charge in [-0.15, -0.1) is 0 Å². The second-order valence-corrected chi connectivity index (χ2v) is 4.25. The summed E-state index contributed by atoms with van der Waals surface area (Å²) in [6, 6.07) is 5.70. The van der Waals surface area contributed by atoms with E-state index in [0.717, 1.165) is 22.0 Å². The molecular formula is C13H13N5. The summed E-state index contributed by atoms with van der Waals surface area (Å²) in [5.74, 6) is 0. The fourth-order valence-electron chi connectivity index (χ4n) is 2.13. The van der Waals surface area contributed by atoms with Crippen LogP contribution in [-0.2, 0) is 0 Å². The minimum Gasteiger partial charge on any atom is -0.397 e. The Balaban J connectivity index is 2.40. The van der Waals surface area contributed by atoms with Crippen LogP contribution in [0, 0.1) is 6.92 Å². The summed E-state index contributed by atoms with van der Waals surface area (Å²) >= 11 is 0. The van der Waals surface area contributed by atoms with Crippen molar-refractivity contribution in [2.45, 2.75) is 6.92 Å². The van der Waals surface area contributed by atoms with E-state index >= 15 is 0 Å². The predicted molar refractivity (Wildman–Crippen MR) is 72.9 cm³/mol. The van der Waals surface area contributed by atoms with E-state index in [-0.39, 0.29) is 0 Å². The topological polar surface area (TPSA) is 93.6 Å². The molecule has 0 radical (unpaired) electrons. The third-order valence-electron chi connectivity index (χ3n) is 3.09. The van der Waals surface area contributed by atoms with Crippen molar-refractivity contribution < 1.29 is 0 Å². The first-order valence-corrected chi connectivity index (χ1v) is 5.61. The van der Waals surface area contributed by atoms with E-state index in [9.17, 15) is 0 Å². The minimum absolute atomic E-state index is 0.509.